The van der Waals surface area contributed by atoms with Gasteiger partial charge in [0.25, 0.3) is 0 Å². The van der Waals surface area contributed by atoms with Crippen molar-refractivity contribution in [1.82, 2.24) is 0 Å². The molecule has 0 atom stereocenters. The Morgan fingerprint density at radius 3 is 1.43 bits per heavy atom. The summed E-state index contributed by atoms with van der Waals surface area (Å²) < 4.78 is 6.36. The van der Waals surface area contributed by atoms with Crippen LogP contribution in [-0.2, 0) is 0 Å². The molecule has 0 aliphatic heterocycles. The van der Waals surface area contributed by atoms with Gasteiger partial charge in [-0.2, -0.15) is 0 Å². The van der Waals surface area contributed by atoms with Gasteiger partial charge in [-0.25, -0.2) is 0 Å². The average molecular weight is 484 g/mol. The van der Waals surface area contributed by atoms with E-state index in [4.69, 9.17) is 5.73 Å². The number of rotatable bonds is 12. The van der Waals surface area contributed by atoms with E-state index in [9.17, 15) is 0 Å². The van der Waals surface area contributed by atoms with Crippen molar-refractivity contribution in [2.24, 2.45) is 0 Å². The summed E-state index contributed by atoms with van der Waals surface area (Å²) in [6.45, 7) is 7.05. The van der Waals surface area contributed by atoms with Gasteiger partial charge in [0.1, 0.15) is 0 Å². The molecular weight excluding hydrogens is 445 g/mol. The molecule has 2 aromatic carbocycles. The third-order valence-electron chi connectivity index (χ3n) is 5.95. The molecule has 0 radical (unpaired) electrons. The molecule has 0 amide bonds. The van der Waals surface area contributed by atoms with Crippen molar-refractivity contribution in [2.45, 2.75) is 72.6 Å². The van der Waals surface area contributed by atoms with Crippen LogP contribution in [0.15, 0.2) is 48.5 Å². The molecule has 0 saturated carbocycles. The zero-order valence-electron chi connectivity index (χ0n) is 18.2. The van der Waals surface area contributed by atoms with E-state index in [1.807, 2.05) is 12.1 Å². The SMILES string of the molecule is CCC[CH2][Sn]([CH2]CCC)([CH2]CCC)[c]1ccc(/C=C/c2ccc(N)cc2)cc1. The predicted molar refractivity (Wildman–Crippen MR) is 131 cm³/mol. The van der Waals surface area contributed by atoms with E-state index in [0.717, 1.165) is 5.69 Å². The van der Waals surface area contributed by atoms with Crippen molar-refractivity contribution in [3.05, 3.63) is 59.7 Å². The first kappa shape index (κ1) is 23.1. The number of benzene rings is 2. The van der Waals surface area contributed by atoms with E-state index in [0.29, 0.717) is 0 Å². The van der Waals surface area contributed by atoms with Crippen molar-refractivity contribution in [1.29, 1.82) is 0 Å². The zero-order valence-corrected chi connectivity index (χ0v) is 21.1. The van der Waals surface area contributed by atoms with Crippen molar-refractivity contribution in [3.63, 3.8) is 0 Å². The van der Waals surface area contributed by atoms with Crippen LogP contribution < -0.4 is 9.31 Å². The molecular formula is C26H39NSn. The fourth-order valence-electron chi connectivity index (χ4n) is 4.10. The van der Waals surface area contributed by atoms with Crippen LogP contribution in [0.3, 0.4) is 0 Å². The molecule has 2 aromatic rings. The van der Waals surface area contributed by atoms with Crippen molar-refractivity contribution < 1.29 is 0 Å². The molecule has 1 nitrogen and oxygen atoms in total. The molecule has 0 aliphatic carbocycles. The summed E-state index contributed by atoms with van der Waals surface area (Å²) in [6.07, 6.45) is 12.7. The maximum absolute atomic E-state index is 5.78. The Hall–Kier alpha value is -1.22. The summed E-state index contributed by atoms with van der Waals surface area (Å²) in [5, 5.41) is 0. The Morgan fingerprint density at radius 2 is 1.04 bits per heavy atom. The quantitative estimate of drug-likeness (QED) is 0.189. The molecule has 0 saturated heterocycles. The second kappa shape index (κ2) is 12.4. The van der Waals surface area contributed by atoms with E-state index in [1.54, 1.807) is 3.58 Å². The molecule has 0 bridgehead atoms. The van der Waals surface area contributed by atoms with E-state index < -0.39 is 18.4 Å². The molecule has 0 aliphatic rings. The normalized spacial score (nSPS) is 12.0. The molecule has 0 aromatic heterocycles. The number of hydrogen-bond acceptors (Lipinski definition) is 1. The number of nitrogens with two attached hydrogens (primary N) is 1. The number of nitrogen functional groups attached to an aromatic ring is 1. The molecule has 2 heteroatoms. The monoisotopic (exact) mass is 485 g/mol. The molecule has 0 unspecified atom stereocenters. The van der Waals surface area contributed by atoms with E-state index in [2.05, 4.69) is 69.3 Å². The van der Waals surface area contributed by atoms with Crippen LogP contribution >= 0.6 is 0 Å². The van der Waals surface area contributed by atoms with Gasteiger partial charge in [0, 0.05) is 0 Å². The topological polar surface area (TPSA) is 26.0 Å². The van der Waals surface area contributed by atoms with Gasteiger partial charge in [0.05, 0.1) is 0 Å². The van der Waals surface area contributed by atoms with Crippen molar-refractivity contribution in [2.75, 3.05) is 5.73 Å². The second-order valence-corrected chi connectivity index (χ2v) is 21.5. The summed E-state index contributed by atoms with van der Waals surface area (Å²) in [7, 11) is 0. The van der Waals surface area contributed by atoms with Gasteiger partial charge >= 0.3 is 178 Å². The summed E-state index contributed by atoms with van der Waals surface area (Å²) >= 11 is -2.29. The summed E-state index contributed by atoms with van der Waals surface area (Å²) in [4.78, 5) is 0. The summed E-state index contributed by atoms with van der Waals surface area (Å²) in [5.41, 5.74) is 9.08. The predicted octanol–water partition coefficient (Wildman–Crippen LogP) is 7.50. The first-order valence-electron chi connectivity index (χ1n) is 11.3. The van der Waals surface area contributed by atoms with E-state index >= 15 is 0 Å². The van der Waals surface area contributed by atoms with Gasteiger partial charge in [0.2, 0.25) is 0 Å². The minimum absolute atomic E-state index is 0.816. The molecule has 0 heterocycles. The van der Waals surface area contributed by atoms with Crippen molar-refractivity contribution in [3.8, 4) is 0 Å². The minimum atomic E-state index is -2.29. The van der Waals surface area contributed by atoms with Crippen LogP contribution in [0.5, 0.6) is 0 Å². The summed E-state index contributed by atoms with van der Waals surface area (Å²) in [6, 6.07) is 17.7. The number of anilines is 1. The molecule has 2 N–H and O–H groups in total. The van der Waals surface area contributed by atoms with Gasteiger partial charge in [-0.3, -0.25) is 0 Å². The van der Waals surface area contributed by atoms with Crippen LogP contribution in [0.4, 0.5) is 5.69 Å². The Kier molecular flexibility index (Phi) is 10.2. The van der Waals surface area contributed by atoms with Crippen LogP contribution in [-0.4, -0.2) is 18.4 Å². The Morgan fingerprint density at radius 1 is 0.643 bits per heavy atom. The van der Waals surface area contributed by atoms with Gasteiger partial charge in [-0.15, -0.1) is 0 Å². The molecule has 2 rings (SSSR count). The standard InChI is InChI=1S/C14H12N.3C4H9.Sn/c15-14-10-8-13(9-11-14)7-6-12-4-2-1-3-5-12;3*1-3-4-2;/h2-11H,15H2;3*1,3-4H2,2H3;/b7-6+;;;;. The Balaban J connectivity index is 2.21. The van der Waals surface area contributed by atoms with Crippen LogP contribution in [0.2, 0.25) is 13.3 Å². The molecule has 28 heavy (non-hydrogen) atoms. The fraction of sp³-hybridized carbons (Fsp3) is 0.462. The first-order chi connectivity index (χ1) is 13.6. The van der Waals surface area contributed by atoms with Crippen LogP contribution in [0, 0.1) is 0 Å². The van der Waals surface area contributed by atoms with Crippen LogP contribution in [0.1, 0.15) is 70.4 Å². The Bertz CT molecular complexity index is 678. The van der Waals surface area contributed by atoms with E-state index in [-0.39, 0.29) is 0 Å². The summed E-state index contributed by atoms with van der Waals surface area (Å²) in [5.74, 6) is 0. The van der Waals surface area contributed by atoms with Crippen LogP contribution in [0.25, 0.3) is 12.2 Å². The third kappa shape index (κ3) is 6.99. The molecule has 152 valence electrons. The van der Waals surface area contributed by atoms with Gasteiger partial charge in [0.15, 0.2) is 0 Å². The van der Waals surface area contributed by atoms with E-state index in [1.165, 1.54) is 63.0 Å². The van der Waals surface area contributed by atoms with Crippen molar-refractivity contribution >= 4 is 39.8 Å². The molecule has 0 spiro atoms. The number of hydrogen-bond donors (Lipinski definition) is 1. The average Bonchev–Trinajstić information content (AvgIpc) is 2.73. The number of unbranched alkanes of at least 4 members (excludes halogenated alkanes) is 3. The van der Waals surface area contributed by atoms with Gasteiger partial charge < -0.3 is 0 Å². The third-order valence-corrected chi connectivity index (χ3v) is 21.6. The maximum atomic E-state index is 5.78. The molecule has 0 fully saturated rings. The fourth-order valence-corrected chi connectivity index (χ4v) is 20.0. The van der Waals surface area contributed by atoms with Gasteiger partial charge in [-0.1, -0.05) is 0 Å². The second-order valence-electron chi connectivity index (χ2n) is 8.21. The van der Waals surface area contributed by atoms with Gasteiger partial charge in [-0.05, 0) is 0 Å². The zero-order chi connectivity index (χ0) is 20.2. The Labute approximate surface area is 177 Å². The first-order valence-corrected chi connectivity index (χ1v) is 18.8.